The molecule has 0 bridgehead atoms. The number of nitro groups is 1. The number of aromatic nitrogens is 1. The van der Waals surface area contributed by atoms with Gasteiger partial charge in [-0.3, -0.25) is 14.9 Å². The Kier molecular flexibility index (Phi) is 7.05. The van der Waals surface area contributed by atoms with Gasteiger partial charge >= 0.3 is 5.97 Å². The van der Waals surface area contributed by atoms with Crippen molar-refractivity contribution in [3.8, 4) is 11.8 Å². The van der Waals surface area contributed by atoms with Crippen molar-refractivity contribution in [1.29, 1.82) is 5.26 Å². The fourth-order valence-corrected chi connectivity index (χ4v) is 4.16. The van der Waals surface area contributed by atoms with Crippen LogP contribution in [-0.4, -0.2) is 28.0 Å². The predicted molar refractivity (Wildman–Crippen MR) is 124 cm³/mol. The van der Waals surface area contributed by atoms with E-state index in [1.54, 1.807) is 48.9 Å². The van der Waals surface area contributed by atoms with Gasteiger partial charge in [-0.15, -0.1) is 11.3 Å². The van der Waals surface area contributed by atoms with Crippen LogP contribution in [0.2, 0.25) is 0 Å². The van der Waals surface area contributed by atoms with Crippen LogP contribution in [0.5, 0.6) is 0 Å². The van der Waals surface area contributed by atoms with Crippen LogP contribution >= 0.6 is 11.3 Å². The Bertz CT molecular complexity index is 1300. The lowest BCUT2D eigenvalue weighted by atomic mass is 10.1. The van der Waals surface area contributed by atoms with Crippen LogP contribution in [0.15, 0.2) is 48.2 Å². The molecule has 0 fully saturated rings. The molecular weight excluding hydrogens is 444 g/mol. The molecule has 0 atom stereocenters. The van der Waals surface area contributed by atoms with Gasteiger partial charge in [0.2, 0.25) is 0 Å². The molecule has 0 radical (unpaired) electrons. The summed E-state index contributed by atoms with van der Waals surface area (Å²) in [6.45, 7) is 5.49. The highest BCUT2D eigenvalue weighted by molar-refractivity contribution is 7.16. The molecule has 0 aliphatic rings. The number of rotatable bonds is 7. The molecule has 1 amide bonds. The van der Waals surface area contributed by atoms with E-state index in [4.69, 9.17) is 4.74 Å². The monoisotopic (exact) mass is 464 g/mol. The maximum Gasteiger partial charge on any atom is 0.341 e. The summed E-state index contributed by atoms with van der Waals surface area (Å²) in [4.78, 5) is 36.5. The number of thiophene rings is 1. The Morgan fingerprint density at radius 3 is 2.58 bits per heavy atom. The van der Waals surface area contributed by atoms with Crippen LogP contribution in [0.3, 0.4) is 0 Å². The normalized spacial score (nSPS) is 11.0. The zero-order valence-electron chi connectivity index (χ0n) is 18.1. The van der Waals surface area contributed by atoms with Gasteiger partial charge in [-0.2, -0.15) is 5.26 Å². The van der Waals surface area contributed by atoms with Gasteiger partial charge in [0.05, 0.1) is 17.1 Å². The van der Waals surface area contributed by atoms with Crippen LogP contribution in [0.25, 0.3) is 11.8 Å². The van der Waals surface area contributed by atoms with Gasteiger partial charge in [0, 0.05) is 34.6 Å². The van der Waals surface area contributed by atoms with E-state index >= 15 is 0 Å². The number of carbonyl (C=O) groups excluding carboxylic acids is 2. The molecule has 3 aromatic rings. The highest BCUT2D eigenvalue weighted by Gasteiger charge is 2.23. The van der Waals surface area contributed by atoms with Gasteiger partial charge in [-0.25, -0.2) is 4.79 Å². The number of benzene rings is 1. The number of ether oxygens (including phenoxy) is 1. The van der Waals surface area contributed by atoms with Gasteiger partial charge in [-0.1, -0.05) is 0 Å². The number of non-ortho nitro benzene ring substituents is 1. The lowest BCUT2D eigenvalue weighted by Gasteiger charge is -2.08. The SMILES string of the molecule is CCOC(=O)c1c(NC(=O)C(C#N)=Cc2cccn2-c2ccc([N+](=O)[O-])cc2)sc(C)c1C. The molecule has 0 aliphatic heterocycles. The van der Waals surface area contributed by atoms with Crippen molar-refractivity contribution in [2.24, 2.45) is 0 Å². The third-order valence-corrected chi connectivity index (χ3v) is 5.99. The predicted octanol–water partition coefficient (Wildman–Crippen LogP) is 4.79. The molecule has 2 heterocycles. The van der Waals surface area contributed by atoms with E-state index < -0.39 is 16.8 Å². The van der Waals surface area contributed by atoms with Crippen LogP contribution in [-0.2, 0) is 9.53 Å². The zero-order chi connectivity index (χ0) is 24.1. The number of esters is 1. The molecule has 0 unspecified atom stereocenters. The van der Waals surface area contributed by atoms with E-state index in [2.05, 4.69) is 5.32 Å². The van der Waals surface area contributed by atoms with Gasteiger partial charge in [0.1, 0.15) is 16.6 Å². The lowest BCUT2D eigenvalue weighted by Crippen LogP contribution is -2.16. The number of hydrogen-bond donors (Lipinski definition) is 1. The first-order valence-corrected chi connectivity index (χ1v) is 10.7. The first-order chi connectivity index (χ1) is 15.8. The molecule has 0 spiro atoms. The Hall–Kier alpha value is -4.23. The van der Waals surface area contributed by atoms with E-state index in [-0.39, 0.29) is 23.4 Å². The van der Waals surface area contributed by atoms with Gasteiger partial charge in [0.15, 0.2) is 0 Å². The number of anilines is 1. The Balaban J connectivity index is 1.91. The van der Waals surface area contributed by atoms with Crippen LogP contribution in [0.4, 0.5) is 10.7 Å². The number of nitro benzene ring substituents is 1. The molecule has 1 aromatic carbocycles. The molecule has 1 N–H and O–H groups in total. The molecular formula is C23H20N4O5S. The standard InChI is InChI=1S/C23H20N4O5S/c1-4-32-23(29)20-14(2)15(3)33-22(20)25-21(28)16(13-24)12-19-6-5-11-26(19)17-7-9-18(10-8-17)27(30)31/h5-12H,4H2,1-3H3,(H,25,28). The third kappa shape index (κ3) is 4.99. The number of carbonyl (C=O) groups is 2. The van der Waals surface area contributed by atoms with E-state index in [9.17, 15) is 25.0 Å². The van der Waals surface area contributed by atoms with Gasteiger partial charge < -0.3 is 14.6 Å². The molecule has 33 heavy (non-hydrogen) atoms. The topological polar surface area (TPSA) is 127 Å². The molecule has 168 valence electrons. The van der Waals surface area contributed by atoms with Gasteiger partial charge in [-0.05, 0) is 56.7 Å². The minimum absolute atomic E-state index is 0.0426. The number of aryl methyl sites for hydroxylation is 1. The largest absolute Gasteiger partial charge is 0.462 e. The van der Waals surface area contributed by atoms with E-state index in [1.165, 1.54) is 29.5 Å². The molecule has 3 rings (SSSR count). The third-order valence-electron chi connectivity index (χ3n) is 4.87. The zero-order valence-corrected chi connectivity index (χ0v) is 18.9. The maximum atomic E-state index is 12.9. The smallest absolute Gasteiger partial charge is 0.341 e. The van der Waals surface area contributed by atoms with Crippen molar-refractivity contribution < 1.29 is 19.2 Å². The summed E-state index contributed by atoms with van der Waals surface area (Å²) in [6.07, 6.45) is 3.12. The lowest BCUT2D eigenvalue weighted by molar-refractivity contribution is -0.384. The summed E-state index contributed by atoms with van der Waals surface area (Å²) in [7, 11) is 0. The van der Waals surface area contributed by atoms with E-state index in [1.807, 2.05) is 13.0 Å². The molecule has 2 aromatic heterocycles. The molecule has 10 heteroatoms. The van der Waals surface area contributed by atoms with Crippen molar-refractivity contribution in [3.05, 3.63) is 80.0 Å². The minimum atomic E-state index is -0.666. The fourth-order valence-electron chi connectivity index (χ4n) is 3.11. The van der Waals surface area contributed by atoms with Crippen molar-refractivity contribution in [2.45, 2.75) is 20.8 Å². The molecule has 9 nitrogen and oxygen atoms in total. The Morgan fingerprint density at radius 1 is 1.27 bits per heavy atom. The quantitative estimate of drug-likeness (QED) is 0.176. The average molecular weight is 465 g/mol. The highest BCUT2D eigenvalue weighted by atomic mass is 32.1. The van der Waals surface area contributed by atoms with E-state index in [0.717, 1.165) is 4.88 Å². The van der Waals surface area contributed by atoms with Crippen LogP contribution < -0.4 is 5.32 Å². The van der Waals surface area contributed by atoms with Crippen LogP contribution in [0.1, 0.15) is 33.4 Å². The van der Waals surface area contributed by atoms with Crippen molar-refractivity contribution in [2.75, 3.05) is 11.9 Å². The fraction of sp³-hybridized carbons (Fsp3) is 0.174. The summed E-state index contributed by atoms with van der Waals surface area (Å²) < 4.78 is 6.79. The highest BCUT2D eigenvalue weighted by Crippen LogP contribution is 2.33. The number of amides is 1. The number of nitriles is 1. The Morgan fingerprint density at radius 2 is 1.97 bits per heavy atom. The number of hydrogen-bond acceptors (Lipinski definition) is 7. The molecule has 0 saturated heterocycles. The van der Waals surface area contributed by atoms with Crippen LogP contribution in [0, 0.1) is 35.3 Å². The first-order valence-electron chi connectivity index (χ1n) is 9.89. The van der Waals surface area contributed by atoms with Crippen molar-refractivity contribution in [1.82, 2.24) is 4.57 Å². The summed E-state index contributed by atoms with van der Waals surface area (Å²) in [6, 6.07) is 11.2. The summed E-state index contributed by atoms with van der Waals surface area (Å²) in [5, 5.41) is 23.5. The van der Waals surface area contributed by atoms with Gasteiger partial charge in [0.25, 0.3) is 11.6 Å². The van der Waals surface area contributed by atoms with E-state index in [0.29, 0.717) is 21.9 Å². The molecule has 0 aliphatic carbocycles. The second-order valence-corrected chi connectivity index (χ2v) is 8.13. The second kappa shape index (κ2) is 9.93. The summed E-state index contributed by atoms with van der Waals surface area (Å²) in [5.74, 6) is -1.20. The minimum Gasteiger partial charge on any atom is -0.462 e. The summed E-state index contributed by atoms with van der Waals surface area (Å²) >= 11 is 1.23. The average Bonchev–Trinajstić information content (AvgIpc) is 3.36. The number of nitrogens with zero attached hydrogens (tertiary/aromatic N) is 3. The second-order valence-electron chi connectivity index (χ2n) is 6.91. The first kappa shape index (κ1) is 23.4. The van der Waals surface area contributed by atoms with Crippen molar-refractivity contribution >= 4 is 40.0 Å². The van der Waals surface area contributed by atoms with Crippen molar-refractivity contribution in [3.63, 3.8) is 0 Å². The maximum absolute atomic E-state index is 12.9. The number of nitrogens with one attached hydrogen (secondary N) is 1. The Labute approximate surface area is 193 Å². The summed E-state index contributed by atoms with van der Waals surface area (Å²) in [5.41, 5.74) is 1.93. The molecule has 0 saturated carbocycles.